The monoisotopic (exact) mass is 353 g/mol. The summed E-state index contributed by atoms with van der Waals surface area (Å²) in [5.41, 5.74) is 1.73. The van der Waals surface area contributed by atoms with Crippen molar-refractivity contribution in [3.05, 3.63) is 35.4 Å². The Labute approximate surface area is 155 Å². The normalized spacial score (nSPS) is 27.8. The van der Waals surface area contributed by atoms with Crippen LogP contribution in [0.5, 0.6) is 0 Å². The lowest BCUT2D eigenvalue weighted by Gasteiger charge is -2.44. The van der Waals surface area contributed by atoms with E-state index in [0.717, 1.165) is 71.5 Å². The lowest BCUT2D eigenvalue weighted by Crippen LogP contribution is -2.54. The quantitative estimate of drug-likeness (QED) is 0.838. The fourth-order valence-electron chi connectivity index (χ4n) is 4.86. The molecule has 1 aromatic rings. The first-order valence-electron chi connectivity index (χ1n) is 9.80. The summed E-state index contributed by atoms with van der Waals surface area (Å²) in [5, 5.41) is 8.93. The number of carbonyl (C=O) groups excluding carboxylic acids is 1. The summed E-state index contributed by atoms with van der Waals surface area (Å²) in [5.74, 6) is 0.387. The highest BCUT2D eigenvalue weighted by Crippen LogP contribution is 2.41. The Morgan fingerprint density at radius 3 is 2.65 bits per heavy atom. The number of nitriles is 1. The Morgan fingerprint density at radius 1 is 1.15 bits per heavy atom. The molecule has 5 heteroatoms. The molecule has 0 N–H and O–H groups in total. The van der Waals surface area contributed by atoms with Crippen molar-refractivity contribution in [2.75, 3.05) is 32.8 Å². The van der Waals surface area contributed by atoms with Gasteiger partial charge in [0.1, 0.15) is 0 Å². The van der Waals surface area contributed by atoms with Crippen LogP contribution >= 0.6 is 0 Å². The molecule has 5 nitrogen and oxygen atoms in total. The summed E-state index contributed by atoms with van der Waals surface area (Å²) in [7, 11) is 0. The lowest BCUT2D eigenvalue weighted by atomic mass is 9.77. The molecule has 0 aromatic heterocycles. The van der Waals surface area contributed by atoms with E-state index in [1.165, 1.54) is 5.56 Å². The maximum atomic E-state index is 13.4. The second-order valence-corrected chi connectivity index (χ2v) is 8.00. The van der Waals surface area contributed by atoms with Crippen LogP contribution in [0.15, 0.2) is 24.3 Å². The Kier molecular flexibility index (Phi) is 4.97. The molecule has 0 radical (unpaired) electrons. The van der Waals surface area contributed by atoms with Crippen molar-refractivity contribution >= 4 is 5.91 Å². The molecule has 3 aliphatic rings. The first kappa shape index (κ1) is 17.5. The Morgan fingerprint density at radius 2 is 1.92 bits per heavy atom. The van der Waals surface area contributed by atoms with Crippen LogP contribution in [0.1, 0.15) is 43.2 Å². The molecule has 3 aliphatic heterocycles. The minimum atomic E-state index is -0.177. The van der Waals surface area contributed by atoms with Crippen molar-refractivity contribution in [2.24, 2.45) is 5.41 Å². The Hall–Kier alpha value is -1.90. The molecule has 3 saturated heterocycles. The van der Waals surface area contributed by atoms with Crippen molar-refractivity contribution in [1.29, 1.82) is 5.26 Å². The van der Waals surface area contributed by atoms with Crippen LogP contribution in [0.2, 0.25) is 0 Å². The molecule has 0 aliphatic carbocycles. The van der Waals surface area contributed by atoms with Crippen LogP contribution < -0.4 is 0 Å². The van der Waals surface area contributed by atoms with E-state index in [9.17, 15) is 4.79 Å². The largest absolute Gasteiger partial charge is 0.381 e. The number of nitrogens with zero attached hydrogens (tertiary/aromatic N) is 3. The third-order valence-electron chi connectivity index (χ3n) is 6.32. The molecule has 1 spiro atoms. The Bertz CT molecular complexity index is 690. The van der Waals surface area contributed by atoms with E-state index in [4.69, 9.17) is 10.00 Å². The molecule has 26 heavy (non-hydrogen) atoms. The number of piperidine rings is 1. The van der Waals surface area contributed by atoms with E-state index in [-0.39, 0.29) is 5.41 Å². The molecule has 3 fully saturated rings. The van der Waals surface area contributed by atoms with Crippen LogP contribution in [-0.2, 0) is 16.1 Å². The van der Waals surface area contributed by atoms with Gasteiger partial charge in [-0.05, 0) is 56.3 Å². The van der Waals surface area contributed by atoms with Gasteiger partial charge in [0.05, 0.1) is 17.0 Å². The molecular weight excluding hydrogens is 326 g/mol. The van der Waals surface area contributed by atoms with Gasteiger partial charge in [0.15, 0.2) is 0 Å². The zero-order valence-corrected chi connectivity index (χ0v) is 15.3. The predicted octanol–water partition coefficient (Wildman–Crippen LogP) is 2.55. The van der Waals surface area contributed by atoms with Gasteiger partial charge in [-0.2, -0.15) is 5.26 Å². The number of carbonyl (C=O) groups is 1. The number of amides is 1. The molecule has 1 amide bonds. The molecular formula is C21H27N3O2. The topological polar surface area (TPSA) is 56.6 Å². The number of benzene rings is 1. The maximum absolute atomic E-state index is 13.4. The number of hydrogen-bond acceptors (Lipinski definition) is 4. The highest BCUT2D eigenvalue weighted by molar-refractivity contribution is 5.84. The van der Waals surface area contributed by atoms with E-state index >= 15 is 0 Å². The smallest absolute Gasteiger partial charge is 0.230 e. The van der Waals surface area contributed by atoms with Gasteiger partial charge in [0, 0.05) is 38.9 Å². The number of likely N-dealkylation sites (tertiary alicyclic amines) is 2. The van der Waals surface area contributed by atoms with Gasteiger partial charge >= 0.3 is 0 Å². The molecule has 1 unspecified atom stereocenters. The standard InChI is InChI=1S/C21H27N3O2/c22-14-17-2-4-18(5-3-17)15-23-11-9-21(16-23)8-1-10-24(20(21)25)19-6-12-26-13-7-19/h2-5,19H,1,6-13,15-16H2. The van der Waals surface area contributed by atoms with Gasteiger partial charge in [-0.3, -0.25) is 9.69 Å². The third-order valence-corrected chi connectivity index (χ3v) is 6.32. The molecule has 0 saturated carbocycles. The third kappa shape index (κ3) is 3.36. The Balaban J connectivity index is 1.42. The molecule has 1 atom stereocenters. The first-order valence-corrected chi connectivity index (χ1v) is 9.80. The highest BCUT2D eigenvalue weighted by Gasteiger charge is 2.49. The minimum absolute atomic E-state index is 0.177. The van der Waals surface area contributed by atoms with E-state index in [0.29, 0.717) is 17.5 Å². The first-order chi connectivity index (χ1) is 12.7. The highest BCUT2D eigenvalue weighted by atomic mass is 16.5. The van der Waals surface area contributed by atoms with Crippen LogP contribution in [-0.4, -0.2) is 54.6 Å². The van der Waals surface area contributed by atoms with Gasteiger partial charge in [-0.25, -0.2) is 0 Å². The molecule has 0 bridgehead atoms. The average molecular weight is 353 g/mol. The number of ether oxygens (including phenoxy) is 1. The average Bonchev–Trinajstić information content (AvgIpc) is 3.09. The number of hydrogen-bond donors (Lipinski definition) is 0. The van der Waals surface area contributed by atoms with E-state index < -0.39 is 0 Å². The summed E-state index contributed by atoms with van der Waals surface area (Å²) >= 11 is 0. The maximum Gasteiger partial charge on any atom is 0.230 e. The summed E-state index contributed by atoms with van der Waals surface area (Å²) in [6.07, 6.45) is 5.08. The zero-order valence-electron chi connectivity index (χ0n) is 15.3. The van der Waals surface area contributed by atoms with Crippen molar-refractivity contribution < 1.29 is 9.53 Å². The predicted molar refractivity (Wildman–Crippen MR) is 98.3 cm³/mol. The van der Waals surface area contributed by atoms with Gasteiger partial charge in [-0.1, -0.05) is 12.1 Å². The van der Waals surface area contributed by atoms with Crippen LogP contribution in [0.4, 0.5) is 0 Å². The SMILES string of the molecule is N#Cc1ccc(CN2CCC3(CCCN(C4CCOCC4)C3=O)C2)cc1. The fourth-order valence-corrected chi connectivity index (χ4v) is 4.86. The zero-order chi connectivity index (χ0) is 18.0. The second kappa shape index (κ2) is 7.38. The van der Waals surface area contributed by atoms with Gasteiger partial charge in [0.2, 0.25) is 5.91 Å². The summed E-state index contributed by atoms with van der Waals surface area (Å²) < 4.78 is 5.48. The number of rotatable bonds is 3. The fraction of sp³-hybridized carbons (Fsp3) is 0.619. The molecule has 138 valence electrons. The van der Waals surface area contributed by atoms with Crippen LogP contribution in [0.3, 0.4) is 0 Å². The van der Waals surface area contributed by atoms with Crippen molar-refractivity contribution in [3.8, 4) is 6.07 Å². The molecule has 1 aromatic carbocycles. The van der Waals surface area contributed by atoms with Crippen molar-refractivity contribution in [1.82, 2.24) is 9.80 Å². The molecule has 3 heterocycles. The van der Waals surface area contributed by atoms with E-state index in [1.807, 2.05) is 24.3 Å². The summed E-state index contributed by atoms with van der Waals surface area (Å²) in [6, 6.07) is 10.3. The molecule has 4 rings (SSSR count). The van der Waals surface area contributed by atoms with E-state index in [2.05, 4.69) is 15.9 Å². The van der Waals surface area contributed by atoms with Crippen molar-refractivity contribution in [3.63, 3.8) is 0 Å². The van der Waals surface area contributed by atoms with Gasteiger partial charge in [0.25, 0.3) is 0 Å². The van der Waals surface area contributed by atoms with Crippen LogP contribution in [0, 0.1) is 16.7 Å². The second-order valence-electron chi connectivity index (χ2n) is 8.00. The van der Waals surface area contributed by atoms with Gasteiger partial charge in [-0.15, -0.1) is 0 Å². The minimum Gasteiger partial charge on any atom is -0.381 e. The summed E-state index contributed by atoms with van der Waals surface area (Å²) in [4.78, 5) is 17.9. The van der Waals surface area contributed by atoms with Gasteiger partial charge < -0.3 is 9.64 Å². The van der Waals surface area contributed by atoms with Crippen LogP contribution in [0.25, 0.3) is 0 Å². The lowest BCUT2D eigenvalue weighted by molar-refractivity contribution is -0.150. The van der Waals surface area contributed by atoms with E-state index in [1.54, 1.807) is 0 Å². The van der Waals surface area contributed by atoms with Crippen molar-refractivity contribution in [2.45, 2.75) is 44.7 Å². The summed E-state index contributed by atoms with van der Waals surface area (Å²) in [6.45, 7) is 5.19.